The van der Waals surface area contributed by atoms with Crippen molar-refractivity contribution in [2.75, 3.05) is 18.0 Å². The topological polar surface area (TPSA) is 36.4 Å². The Morgan fingerprint density at radius 2 is 1.94 bits per heavy atom. The van der Waals surface area contributed by atoms with E-state index in [4.69, 9.17) is 0 Å². The predicted octanol–water partition coefficient (Wildman–Crippen LogP) is 2.98. The van der Waals surface area contributed by atoms with Crippen molar-refractivity contribution in [1.82, 2.24) is 4.98 Å². The third-order valence-electron chi connectivity index (χ3n) is 4.71. The molecule has 18 heavy (non-hydrogen) atoms. The number of rotatable bonds is 4. The molecular formula is C15H24N2O. The van der Waals surface area contributed by atoms with Crippen LogP contribution in [0.5, 0.6) is 0 Å². The van der Waals surface area contributed by atoms with Crippen molar-refractivity contribution in [3.05, 3.63) is 24.0 Å². The van der Waals surface area contributed by atoms with E-state index in [-0.39, 0.29) is 6.61 Å². The van der Waals surface area contributed by atoms with E-state index in [1.807, 2.05) is 12.3 Å². The number of nitrogens with zero attached hydrogens (tertiary/aromatic N) is 2. The predicted molar refractivity (Wildman–Crippen MR) is 74.6 cm³/mol. The van der Waals surface area contributed by atoms with Gasteiger partial charge in [0.15, 0.2) is 0 Å². The summed E-state index contributed by atoms with van der Waals surface area (Å²) in [5.41, 5.74) is 2.65. The third-order valence-corrected chi connectivity index (χ3v) is 4.71. The maximum absolute atomic E-state index is 9.38. The van der Waals surface area contributed by atoms with Crippen LogP contribution in [-0.2, 0) is 6.61 Å². The molecule has 0 spiro atoms. The fourth-order valence-electron chi connectivity index (χ4n) is 3.03. The van der Waals surface area contributed by atoms with Gasteiger partial charge in [-0.25, -0.2) is 0 Å². The maximum atomic E-state index is 9.38. The summed E-state index contributed by atoms with van der Waals surface area (Å²) in [5.74, 6) is 0. The highest BCUT2D eigenvalue weighted by molar-refractivity contribution is 5.52. The van der Waals surface area contributed by atoms with E-state index in [0.717, 1.165) is 24.3 Å². The lowest BCUT2D eigenvalue weighted by molar-refractivity contribution is 0.199. The molecule has 1 aromatic rings. The Labute approximate surface area is 110 Å². The molecule has 2 heterocycles. The maximum Gasteiger partial charge on any atom is 0.0717 e. The van der Waals surface area contributed by atoms with Crippen molar-refractivity contribution >= 4 is 5.69 Å². The SMILES string of the molecule is CCC1(CC)CCN(c2ccncc2CO)CC1. The van der Waals surface area contributed by atoms with Crippen LogP contribution < -0.4 is 4.90 Å². The molecule has 0 radical (unpaired) electrons. The van der Waals surface area contributed by atoms with Crippen LogP contribution in [-0.4, -0.2) is 23.2 Å². The number of pyridine rings is 1. The van der Waals surface area contributed by atoms with Crippen molar-refractivity contribution in [2.24, 2.45) is 5.41 Å². The van der Waals surface area contributed by atoms with Crippen LogP contribution in [0.1, 0.15) is 45.1 Å². The van der Waals surface area contributed by atoms with Crippen LogP contribution >= 0.6 is 0 Å². The number of anilines is 1. The summed E-state index contributed by atoms with van der Waals surface area (Å²) in [6.07, 6.45) is 8.66. The van der Waals surface area contributed by atoms with E-state index in [1.165, 1.54) is 25.7 Å². The number of piperidine rings is 1. The summed E-state index contributed by atoms with van der Waals surface area (Å²) in [6.45, 7) is 6.89. The van der Waals surface area contributed by atoms with Crippen LogP contribution in [0.3, 0.4) is 0 Å². The van der Waals surface area contributed by atoms with Gasteiger partial charge in [-0.2, -0.15) is 0 Å². The molecule has 0 atom stereocenters. The lowest BCUT2D eigenvalue weighted by Crippen LogP contribution is -2.40. The highest BCUT2D eigenvalue weighted by Crippen LogP contribution is 2.39. The van der Waals surface area contributed by atoms with E-state index in [1.54, 1.807) is 6.20 Å². The van der Waals surface area contributed by atoms with Gasteiger partial charge < -0.3 is 10.0 Å². The Morgan fingerprint density at radius 1 is 1.28 bits per heavy atom. The largest absolute Gasteiger partial charge is 0.392 e. The number of hydrogen-bond acceptors (Lipinski definition) is 3. The molecule has 100 valence electrons. The van der Waals surface area contributed by atoms with Crippen molar-refractivity contribution in [3.8, 4) is 0 Å². The van der Waals surface area contributed by atoms with Crippen LogP contribution in [0, 0.1) is 5.41 Å². The van der Waals surface area contributed by atoms with Crippen LogP contribution in [0.25, 0.3) is 0 Å². The van der Waals surface area contributed by atoms with E-state index < -0.39 is 0 Å². The summed E-state index contributed by atoms with van der Waals surface area (Å²) in [6, 6.07) is 2.02. The first-order valence-electron chi connectivity index (χ1n) is 7.03. The highest BCUT2D eigenvalue weighted by Gasteiger charge is 2.31. The molecule has 2 rings (SSSR count). The summed E-state index contributed by atoms with van der Waals surface area (Å²) >= 11 is 0. The van der Waals surface area contributed by atoms with Gasteiger partial charge in [0.1, 0.15) is 0 Å². The molecule has 0 bridgehead atoms. The molecule has 0 amide bonds. The average molecular weight is 248 g/mol. The number of aliphatic hydroxyl groups is 1. The standard InChI is InChI=1S/C15H24N2O/c1-3-15(4-2)6-9-17(10-7-15)14-5-8-16-11-13(14)12-18/h5,8,11,18H,3-4,6-7,9-10,12H2,1-2H3. The summed E-state index contributed by atoms with van der Waals surface area (Å²) < 4.78 is 0. The van der Waals surface area contributed by atoms with E-state index in [0.29, 0.717) is 5.41 Å². The highest BCUT2D eigenvalue weighted by atomic mass is 16.3. The second-order valence-electron chi connectivity index (χ2n) is 5.36. The normalized spacial score (nSPS) is 18.9. The van der Waals surface area contributed by atoms with Crippen molar-refractivity contribution in [3.63, 3.8) is 0 Å². The minimum Gasteiger partial charge on any atom is -0.392 e. The second kappa shape index (κ2) is 5.70. The Balaban J connectivity index is 2.10. The number of hydrogen-bond donors (Lipinski definition) is 1. The Bertz CT molecular complexity index is 378. The average Bonchev–Trinajstić information content (AvgIpc) is 2.47. The lowest BCUT2D eigenvalue weighted by Gasteiger charge is -2.42. The van der Waals surface area contributed by atoms with Gasteiger partial charge in [0, 0.05) is 36.7 Å². The molecule has 1 N–H and O–H groups in total. The molecule has 1 aliphatic rings. The lowest BCUT2D eigenvalue weighted by atomic mass is 9.74. The van der Waals surface area contributed by atoms with Gasteiger partial charge in [-0.3, -0.25) is 4.98 Å². The van der Waals surface area contributed by atoms with Gasteiger partial charge >= 0.3 is 0 Å². The van der Waals surface area contributed by atoms with Gasteiger partial charge in [-0.1, -0.05) is 26.7 Å². The third kappa shape index (κ3) is 2.51. The van der Waals surface area contributed by atoms with Crippen molar-refractivity contribution in [2.45, 2.75) is 46.1 Å². The Morgan fingerprint density at radius 3 is 2.50 bits per heavy atom. The summed E-state index contributed by atoms with van der Waals surface area (Å²) in [5, 5.41) is 9.38. The van der Waals surface area contributed by atoms with Crippen LogP contribution in [0.2, 0.25) is 0 Å². The van der Waals surface area contributed by atoms with Gasteiger partial charge in [0.05, 0.1) is 6.61 Å². The molecule has 1 saturated heterocycles. The van der Waals surface area contributed by atoms with E-state index in [9.17, 15) is 5.11 Å². The molecule has 0 saturated carbocycles. The minimum atomic E-state index is 0.0758. The summed E-state index contributed by atoms with van der Waals surface area (Å²) in [4.78, 5) is 6.48. The molecule has 3 nitrogen and oxygen atoms in total. The molecule has 0 unspecified atom stereocenters. The molecule has 1 aromatic heterocycles. The zero-order chi connectivity index (χ0) is 13.0. The first-order chi connectivity index (χ1) is 8.74. The van der Waals surface area contributed by atoms with E-state index >= 15 is 0 Å². The Hall–Kier alpha value is -1.09. The molecule has 0 aliphatic carbocycles. The number of aliphatic hydroxyl groups excluding tert-OH is 1. The molecule has 0 aromatic carbocycles. The summed E-state index contributed by atoms with van der Waals surface area (Å²) in [7, 11) is 0. The molecule has 3 heteroatoms. The monoisotopic (exact) mass is 248 g/mol. The zero-order valence-electron chi connectivity index (χ0n) is 11.5. The first kappa shape index (κ1) is 13.3. The second-order valence-corrected chi connectivity index (χ2v) is 5.36. The van der Waals surface area contributed by atoms with E-state index in [2.05, 4.69) is 23.7 Å². The smallest absolute Gasteiger partial charge is 0.0717 e. The zero-order valence-corrected chi connectivity index (χ0v) is 11.5. The fraction of sp³-hybridized carbons (Fsp3) is 0.667. The quantitative estimate of drug-likeness (QED) is 0.890. The Kier molecular flexibility index (Phi) is 4.23. The van der Waals surface area contributed by atoms with Gasteiger partial charge in [-0.05, 0) is 24.3 Å². The number of aromatic nitrogens is 1. The molecular weight excluding hydrogens is 224 g/mol. The van der Waals surface area contributed by atoms with Gasteiger partial charge in [0.2, 0.25) is 0 Å². The van der Waals surface area contributed by atoms with Gasteiger partial charge in [-0.15, -0.1) is 0 Å². The van der Waals surface area contributed by atoms with Gasteiger partial charge in [0.25, 0.3) is 0 Å². The molecule has 1 fully saturated rings. The fourth-order valence-corrected chi connectivity index (χ4v) is 3.03. The minimum absolute atomic E-state index is 0.0758. The van der Waals surface area contributed by atoms with Crippen LogP contribution in [0.4, 0.5) is 5.69 Å². The molecule has 1 aliphatic heterocycles. The van der Waals surface area contributed by atoms with Crippen molar-refractivity contribution in [1.29, 1.82) is 0 Å². The van der Waals surface area contributed by atoms with Crippen LogP contribution in [0.15, 0.2) is 18.5 Å². The first-order valence-corrected chi connectivity index (χ1v) is 7.03. The van der Waals surface area contributed by atoms with Crippen molar-refractivity contribution < 1.29 is 5.11 Å².